The predicted octanol–water partition coefficient (Wildman–Crippen LogP) is 4.42. The molecule has 0 aliphatic carbocycles. The van der Waals surface area contributed by atoms with Crippen LogP contribution in [0, 0.1) is 0 Å². The zero-order valence-electron chi connectivity index (χ0n) is 14.1. The molecular weight excluding hydrogens is 357 g/mol. The van der Waals surface area contributed by atoms with Crippen LogP contribution in [0.1, 0.15) is 18.1 Å². The summed E-state index contributed by atoms with van der Waals surface area (Å²) in [6, 6.07) is 11.5. The highest BCUT2D eigenvalue weighted by Crippen LogP contribution is 2.30. The minimum Gasteiger partial charge on any atom is -0.384 e. The van der Waals surface area contributed by atoms with Crippen molar-refractivity contribution >= 4 is 40.5 Å². The highest BCUT2D eigenvalue weighted by atomic mass is 35.5. The van der Waals surface area contributed by atoms with E-state index in [1.165, 1.54) is 16.8 Å². The number of likely N-dealkylation sites (N-methyl/N-ethyl adjacent to an activating group) is 1. The number of rotatable bonds is 6. The molecule has 1 amide bonds. The molecule has 6 heteroatoms. The van der Waals surface area contributed by atoms with Gasteiger partial charge in [-0.05, 0) is 36.2 Å². The van der Waals surface area contributed by atoms with E-state index in [4.69, 9.17) is 23.2 Å². The number of anilines is 2. The molecule has 3 rings (SSSR count). The Morgan fingerprint density at radius 3 is 2.64 bits per heavy atom. The molecule has 2 N–H and O–H groups in total. The summed E-state index contributed by atoms with van der Waals surface area (Å²) >= 11 is 12.2. The van der Waals surface area contributed by atoms with Gasteiger partial charge < -0.3 is 10.6 Å². The molecule has 0 spiro atoms. The minimum absolute atomic E-state index is 0.127. The number of carbonyl (C=O) groups is 1. The van der Waals surface area contributed by atoms with E-state index in [1.807, 2.05) is 6.92 Å². The standard InChI is InChI=1S/C19H21Cl2N3O/c1-2-24(11-14-6-3-5-13-9-10-22-18(13)14)12-17(25)23-19-15(20)7-4-8-16(19)21/h3-8,22H,2,9-12H2,1H3,(H,23,25). The van der Waals surface area contributed by atoms with Crippen molar-refractivity contribution in [3.05, 3.63) is 57.6 Å². The first-order chi connectivity index (χ1) is 12.1. The Bertz CT molecular complexity index is 759. The smallest absolute Gasteiger partial charge is 0.238 e. The number of hydrogen-bond donors (Lipinski definition) is 2. The van der Waals surface area contributed by atoms with Crippen molar-refractivity contribution in [3.63, 3.8) is 0 Å². The van der Waals surface area contributed by atoms with Gasteiger partial charge in [-0.15, -0.1) is 0 Å². The summed E-state index contributed by atoms with van der Waals surface area (Å²) in [5.74, 6) is -0.127. The van der Waals surface area contributed by atoms with Gasteiger partial charge in [-0.25, -0.2) is 0 Å². The molecular formula is C19H21Cl2N3O. The van der Waals surface area contributed by atoms with Crippen LogP contribution in [0.5, 0.6) is 0 Å². The molecule has 132 valence electrons. The lowest BCUT2D eigenvalue weighted by atomic mass is 10.1. The Morgan fingerprint density at radius 1 is 1.20 bits per heavy atom. The molecule has 0 bridgehead atoms. The van der Waals surface area contributed by atoms with Crippen LogP contribution in [0.2, 0.25) is 10.0 Å². The molecule has 1 aliphatic heterocycles. The van der Waals surface area contributed by atoms with Crippen molar-refractivity contribution in [2.75, 3.05) is 30.3 Å². The Kier molecular flexibility index (Phi) is 5.84. The van der Waals surface area contributed by atoms with Crippen molar-refractivity contribution < 1.29 is 4.79 Å². The summed E-state index contributed by atoms with van der Waals surface area (Å²) in [4.78, 5) is 14.5. The van der Waals surface area contributed by atoms with E-state index in [0.29, 0.717) is 15.7 Å². The maximum absolute atomic E-state index is 12.4. The van der Waals surface area contributed by atoms with E-state index in [9.17, 15) is 4.79 Å². The van der Waals surface area contributed by atoms with Gasteiger partial charge in [0, 0.05) is 18.8 Å². The van der Waals surface area contributed by atoms with Gasteiger partial charge in [-0.3, -0.25) is 9.69 Å². The number of para-hydroxylation sites is 2. The Morgan fingerprint density at radius 2 is 1.92 bits per heavy atom. The summed E-state index contributed by atoms with van der Waals surface area (Å²) in [6.07, 6.45) is 1.06. The minimum atomic E-state index is -0.127. The second-order valence-corrected chi connectivity index (χ2v) is 6.89. The van der Waals surface area contributed by atoms with Crippen molar-refractivity contribution in [2.45, 2.75) is 19.9 Å². The van der Waals surface area contributed by atoms with E-state index in [-0.39, 0.29) is 12.5 Å². The molecule has 0 atom stereocenters. The molecule has 1 aliphatic rings. The number of carbonyl (C=O) groups excluding carboxylic acids is 1. The fourth-order valence-corrected chi connectivity index (χ4v) is 3.55. The average molecular weight is 378 g/mol. The summed E-state index contributed by atoms with van der Waals surface area (Å²) < 4.78 is 0. The van der Waals surface area contributed by atoms with Gasteiger partial charge in [0.2, 0.25) is 5.91 Å². The monoisotopic (exact) mass is 377 g/mol. The van der Waals surface area contributed by atoms with Crippen molar-refractivity contribution in [3.8, 4) is 0 Å². The average Bonchev–Trinajstić information content (AvgIpc) is 3.07. The van der Waals surface area contributed by atoms with Crippen LogP contribution in [0.4, 0.5) is 11.4 Å². The topological polar surface area (TPSA) is 44.4 Å². The number of nitrogens with zero attached hydrogens (tertiary/aromatic N) is 1. The van der Waals surface area contributed by atoms with Crippen LogP contribution < -0.4 is 10.6 Å². The maximum Gasteiger partial charge on any atom is 0.238 e. The fraction of sp³-hybridized carbons (Fsp3) is 0.316. The predicted molar refractivity (Wildman–Crippen MR) is 105 cm³/mol. The molecule has 0 aromatic heterocycles. The Balaban J connectivity index is 1.66. The van der Waals surface area contributed by atoms with Gasteiger partial charge in [-0.1, -0.05) is 54.4 Å². The molecule has 0 radical (unpaired) electrons. The number of nitrogens with one attached hydrogen (secondary N) is 2. The molecule has 4 nitrogen and oxygen atoms in total. The third-order valence-corrected chi connectivity index (χ3v) is 5.00. The Hall–Kier alpha value is -1.75. The van der Waals surface area contributed by atoms with Crippen LogP contribution >= 0.6 is 23.2 Å². The third-order valence-electron chi connectivity index (χ3n) is 4.37. The maximum atomic E-state index is 12.4. The Labute approximate surface area is 158 Å². The summed E-state index contributed by atoms with van der Waals surface area (Å²) in [5, 5.41) is 7.14. The summed E-state index contributed by atoms with van der Waals surface area (Å²) in [5.41, 5.74) is 4.26. The lowest BCUT2D eigenvalue weighted by molar-refractivity contribution is -0.117. The first-order valence-corrected chi connectivity index (χ1v) is 9.15. The SMILES string of the molecule is CCN(CC(=O)Nc1c(Cl)cccc1Cl)Cc1cccc2c1NCC2. The first-order valence-electron chi connectivity index (χ1n) is 8.39. The molecule has 1 heterocycles. The molecule has 0 unspecified atom stereocenters. The van der Waals surface area contributed by atoms with Gasteiger partial charge in [0.25, 0.3) is 0 Å². The third kappa shape index (κ3) is 4.27. The van der Waals surface area contributed by atoms with Gasteiger partial charge >= 0.3 is 0 Å². The molecule has 2 aromatic carbocycles. The molecule has 0 saturated carbocycles. The summed E-state index contributed by atoms with van der Waals surface area (Å²) in [6.45, 7) is 4.79. The second-order valence-electron chi connectivity index (χ2n) is 6.08. The summed E-state index contributed by atoms with van der Waals surface area (Å²) in [7, 11) is 0. The van der Waals surface area contributed by atoms with Gasteiger partial charge in [-0.2, -0.15) is 0 Å². The second kappa shape index (κ2) is 8.09. The number of amides is 1. The van der Waals surface area contributed by atoms with Crippen LogP contribution in [-0.4, -0.2) is 30.4 Å². The van der Waals surface area contributed by atoms with Crippen molar-refractivity contribution in [1.29, 1.82) is 0 Å². The molecule has 25 heavy (non-hydrogen) atoms. The van der Waals surface area contributed by atoms with E-state index in [1.54, 1.807) is 18.2 Å². The number of fused-ring (bicyclic) bond motifs is 1. The highest BCUT2D eigenvalue weighted by Gasteiger charge is 2.17. The van der Waals surface area contributed by atoms with Crippen LogP contribution in [0.3, 0.4) is 0 Å². The van der Waals surface area contributed by atoms with Crippen LogP contribution in [-0.2, 0) is 17.8 Å². The quantitative estimate of drug-likeness (QED) is 0.782. The van der Waals surface area contributed by atoms with Gasteiger partial charge in [0.1, 0.15) is 0 Å². The van der Waals surface area contributed by atoms with Gasteiger partial charge in [0.05, 0.1) is 22.3 Å². The number of halogens is 2. The lowest BCUT2D eigenvalue weighted by Crippen LogP contribution is -2.33. The molecule has 0 saturated heterocycles. The fourth-order valence-electron chi connectivity index (χ4n) is 3.06. The lowest BCUT2D eigenvalue weighted by Gasteiger charge is -2.22. The molecule has 0 fully saturated rings. The van der Waals surface area contributed by atoms with E-state index < -0.39 is 0 Å². The number of hydrogen-bond acceptors (Lipinski definition) is 3. The largest absolute Gasteiger partial charge is 0.384 e. The van der Waals surface area contributed by atoms with Gasteiger partial charge in [0.15, 0.2) is 0 Å². The van der Waals surface area contributed by atoms with E-state index in [2.05, 4.69) is 33.7 Å². The highest BCUT2D eigenvalue weighted by molar-refractivity contribution is 6.39. The van der Waals surface area contributed by atoms with Crippen molar-refractivity contribution in [1.82, 2.24) is 4.90 Å². The van der Waals surface area contributed by atoms with E-state index >= 15 is 0 Å². The van der Waals surface area contributed by atoms with Crippen LogP contribution in [0.25, 0.3) is 0 Å². The first kappa shape index (κ1) is 18.1. The van der Waals surface area contributed by atoms with E-state index in [0.717, 1.165) is 26.1 Å². The normalized spacial score (nSPS) is 12.8. The zero-order valence-corrected chi connectivity index (χ0v) is 15.6. The van der Waals surface area contributed by atoms with Crippen LogP contribution in [0.15, 0.2) is 36.4 Å². The zero-order chi connectivity index (χ0) is 17.8. The number of benzene rings is 2. The van der Waals surface area contributed by atoms with Crippen molar-refractivity contribution in [2.24, 2.45) is 0 Å². The molecule has 2 aromatic rings.